The Morgan fingerprint density at radius 1 is 1.15 bits per heavy atom. The highest BCUT2D eigenvalue weighted by molar-refractivity contribution is 7.89. The van der Waals surface area contributed by atoms with Gasteiger partial charge >= 0.3 is 0 Å². The van der Waals surface area contributed by atoms with Gasteiger partial charge in [0.05, 0.1) is 0 Å². The fraction of sp³-hybridized carbons (Fsp3) is 0.294. The Morgan fingerprint density at radius 3 is 2.77 bits per heavy atom. The van der Waals surface area contributed by atoms with Crippen molar-refractivity contribution in [2.24, 2.45) is 0 Å². The topological polar surface area (TPSA) is 97.1 Å². The van der Waals surface area contributed by atoms with E-state index in [2.05, 4.69) is 25.0 Å². The number of benzene rings is 2. The van der Waals surface area contributed by atoms with Crippen molar-refractivity contribution >= 4 is 21.1 Å². The maximum atomic E-state index is 13.2. The van der Waals surface area contributed by atoms with Gasteiger partial charge < -0.3 is 5.32 Å². The lowest BCUT2D eigenvalue weighted by molar-refractivity contribution is 0.315. The minimum Gasteiger partial charge on any atom is -0.315 e. The van der Waals surface area contributed by atoms with Gasteiger partial charge in [-0.25, -0.2) is 22.2 Å². The molecule has 0 bridgehead atoms. The number of nitrogens with one attached hydrogen (secondary N) is 2. The van der Waals surface area contributed by atoms with Crippen molar-refractivity contribution in [1.82, 2.24) is 20.4 Å². The molecule has 1 aliphatic rings. The van der Waals surface area contributed by atoms with Crippen molar-refractivity contribution in [3.8, 4) is 0 Å². The quantitative estimate of drug-likeness (QED) is 0.721. The fourth-order valence-corrected chi connectivity index (χ4v) is 4.78. The number of rotatable bonds is 4. The second kappa shape index (κ2) is 6.75. The van der Waals surface area contributed by atoms with Crippen molar-refractivity contribution in [3.05, 3.63) is 53.8 Å². The van der Waals surface area contributed by atoms with Gasteiger partial charge in [-0.3, -0.25) is 0 Å². The van der Waals surface area contributed by atoms with Crippen molar-refractivity contribution in [1.29, 1.82) is 0 Å². The van der Waals surface area contributed by atoms with Crippen LogP contribution < -0.4 is 10.0 Å². The van der Waals surface area contributed by atoms with Crippen LogP contribution in [0.1, 0.15) is 17.9 Å². The molecular weight excluding hydrogens is 359 g/mol. The van der Waals surface area contributed by atoms with Gasteiger partial charge in [-0.2, -0.15) is 0 Å². The molecule has 1 fully saturated rings. The monoisotopic (exact) mass is 376 g/mol. The first-order valence-corrected chi connectivity index (χ1v) is 9.73. The summed E-state index contributed by atoms with van der Waals surface area (Å²) in [4.78, 5) is 0.0275. The van der Waals surface area contributed by atoms with Crippen molar-refractivity contribution in [2.75, 3.05) is 13.1 Å². The lowest BCUT2D eigenvalue weighted by Gasteiger charge is -2.33. The summed E-state index contributed by atoms with van der Waals surface area (Å²) in [7, 11) is -3.83. The van der Waals surface area contributed by atoms with Gasteiger partial charge in [0.2, 0.25) is 10.0 Å². The Bertz CT molecular complexity index is 1020. The van der Waals surface area contributed by atoms with E-state index in [1.165, 1.54) is 18.2 Å². The first kappa shape index (κ1) is 17.1. The Labute approximate surface area is 149 Å². The first-order valence-electron chi connectivity index (χ1n) is 8.24. The van der Waals surface area contributed by atoms with E-state index in [4.69, 9.17) is 0 Å². The molecule has 1 aliphatic heterocycles. The third kappa shape index (κ3) is 3.20. The van der Waals surface area contributed by atoms with Crippen LogP contribution >= 0.6 is 0 Å². The smallest absolute Gasteiger partial charge is 0.243 e. The highest BCUT2D eigenvalue weighted by Crippen LogP contribution is 2.28. The number of aromatic nitrogens is 2. The molecule has 2 heterocycles. The van der Waals surface area contributed by atoms with Crippen LogP contribution in [0.2, 0.25) is 0 Å². The van der Waals surface area contributed by atoms with E-state index in [9.17, 15) is 12.8 Å². The second-order valence-electron chi connectivity index (χ2n) is 6.27. The number of hydrogen-bond acceptors (Lipinski definition) is 6. The number of halogens is 1. The molecule has 0 unspecified atom stereocenters. The Morgan fingerprint density at radius 2 is 1.96 bits per heavy atom. The van der Waals surface area contributed by atoms with Crippen molar-refractivity contribution in [2.45, 2.75) is 23.3 Å². The normalized spacial score (nSPS) is 21.1. The largest absolute Gasteiger partial charge is 0.315 e. The van der Waals surface area contributed by atoms with E-state index in [1.54, 1.807) is 24.3 Å². The van der Waals surface area contributed by atoms with E-state index in [1.807, 2.05) is 0 Å². The summed E-state index contributed by atoms with van der Waals surface area (Å²) < 4.78 is 46.5. The van der Waals surface area contributed by atoms with Crippen LogP contribution in [0.4, 0.5) is 4.39 Å². The molecular formula is C17H17FN4O3S. The molecule has 2 atom stereocenters. The predicted molar refractivity (Wildman–Crippen MR) is 92.5 cm³/mol. The van der Waals surface area contributed by atoms with E-state index in [0.717, 1.165) is 18.5 Å². The van der Waals surface area contributed by atoms with E-state index < -0.39 is 10.0 Å². The van der Waals surface area contributed by atoms with Gasteiger partial charge in [-0.1, -0.05) is 18.2 Å². The SMILES string of the molecule is O=S(=O)(N[C@H]1CNCC[C@H]1c1ccc(F)cc1)c1cccc2nonc12. The van der Waals surface area contributed by atoms with Gasteiger partial charge in [0.15, 0.2) is 5.52 Å². The van der Waals surface area contributed by atoms with E-state index >= 15 is 0 Å². The molecule has 7 nitrogen and oxygen atoms in total. The average molecular weight is 376 g/mol. The van der Waals surface area contributed by atoms with Crippen molar-refractivity contribution < 1.29 is 17.4 Å². The number of sulfonamides is 1. The molecule has 9 heteroatoms. The molecule has 0 amide bonds. The van der Waals surface area contributed by atoms with Crippen LogP contribution in [-0.2, 0) is 10.0 Å². The summed E-state index contributed by atoms with van der Waals surface area (Å²) in [5, 5.41) is 10.6. The predicted octanol–water partition coefficient (Wildman–Crippen LogP) is 1.79. The number of nitrogens with zero attached hydrogens (tertiary/aromatic N) is 2. The molecule has 26 heavy (non-hydrogen) atoms. The average Bonchev–Trinajstić information content (AvgIpc) is 3.11. The van der Waals surface area contributed by atoms with E-state index in [0.29, 0.717) is 12.1 Å². The number of hydrogen-bond donors (Lipinski definition) is 2. The molecule has 3 aromatic rings. The molecule has 4 rings (SSSR count). The first-order chi connectivity index (χ1) is 12.5. The van der Waals surface area contributed by atoms with Crippen LogP contribution in [0.3, 0.4) is 0 Å². The van der Waals surface area contributed by atoms with Crippen LogP contribution in [0.5, 0.6) is 0 Å². The summed E-state index contributed by atoms with van der Waals surface area (Å²) in [6.07, 6.45) is 0.745. The zero-order chi connectivity index (χ0) is 18.1. The lowest BCUT2D eigenvalue weighted by Crippen LogP contribution is -2.49. The van der Waals surface area contributed by atoms with Crippen LogP contribution in [0.25, 0.3) is 11.0 Å². The Kier molecular flexibility index (Phi) is 4.43. The van der Waals surface area contributed by atoms with Crippen LogP contribution in [0.15, 0.2) is 52.0 Å². The van der Waals surface area contributed by atoms with Crippen LogP contribution in [-0.4, -0.2) is 37.9 Å². The fourth-order valence-electron chi connectivity index (χ4n) is 3.35. The van der Waals surface area contributed by atoms with Crippen molar-refractivity contribution in [3.63, 3.8) is 0 Å². The third-order valence-corrected chi connectivity index (χ3v) is 6.15. The third-order valence-electron chi connectivity index (χ3n) is 4.63. The molecule has 2 N–H and O–H groups in total. The summed E-state index contributed by atoms with van der Waals surface area (Å²) >= 11 is 0. The zero-order valence-electron chi connectivity index (χ0n) is 13.7. The number of piperidine rings is 1. The molecule has 1 saturated heterocycles. The van der Waals surface area contributed by atoms with Gasteiger partial charge in [-0.15, -0.1) is 0 Å². The second-order valence-corrected chi connectivity index (χ2v) is 7.95. The molecule has 1 aromatic heterocycles. The maximum Gasteiger partial charge on any atom is 0.243 e. The van der Waals surface area contributed by atoms with Gasteiger partial charge in [-0.05, 0) is 53.1 Å². The summed E-state index contributed by atoms with van der Waals surface area (Å²) in [6.45, 7) is 1.25. The van der Waals surface area contributed by atoms with Crippen LogP contribution in [0, 0.1) is 5.82 Å². The van der Waals surface area contributed by atoms with Gasteiger partial charge in [0.25, 0.3) is 0 Å². The molecule has 0 radical (unpaired) electrons. The number of fused-ring (bicyclic) bond motifs is 1. The highest BCUT2D eigenvalue weighted by Gasteiger charge is 2.31. The summed E-state index contributed by atoms with van der Waals surface area (Å²) in [5.41, 5.74) is 1.48. The molecule has 0 saturated carbocycles. The molecule has 2 aromatic carbocycles. The molecule has 0 spiro atoms. The lowest BCUT2D eigenvalue weighted by atomic mass is 9.87. The minimum absolute atomic E-state index is 0.0275. The highest BCUT2D eigenvalue weighted by atomic mass is 32.2. The maximum absolute atomic E-state index is 13.2. The molecule has 0 aliphatic carbocycles. The van der Waals surface area contributed by atoms with Gasteiger partial charge in [0.1, 0.15) is 16.2 Å². The Balaban J connectivity index is 1.65. The zero-order valence-corrected chi connectivity index (χ0v) is 14.5. The van der Waals surface area contributed by atoms with Gasteiger partial charge in [0, 0.05) is 18.5 Å². The molecule has 136 valence electrons. The van der Waals surface area contributed by atoms with E-state index in [-0.39, 0.29) is 28.2 Å². The minimum atomic E-state index is -3.83. The standard InChI is InChI=1S/C17H17FN4O3S/c18-12-6-4-11(5-7-12)13-8-9-19-10-15(13)22-26(23,24)16-3-1-2-14-17(16)21-25-20-14/h1-7,13,15,19,22H,8-10H2/t13-,15-/m0/s1. The summed E-state index contributed by atoms with van der Waals surface area (Å²) in [5.74, 6) is -0.369. The Hall–Kier alpha value is -2.36. The summed E-state index contributed by atoms with van der Waals surface area (Å²) in [6, 6.07) is 10.5.